The third-order valence-electron chi connectivity index (χ3n) is 5.25. The molecule has 5 rings (SSSR count). The molecule has 1 aliphatic heterocycles. The summed E-state index contributed by atoms with van der Waals surface area (Å²) in [4.78, 5) is 22.7. The summed E-state index contributed by atoms with van der Waals surface area (Å²) in [6, 6.07) is 15.5. The summed E-state index contributed by atoms with van der Waals surface area (Å²) in [5, 5.41) is 1.68. The molecule has 1 aliphatic rings. The molecule has 4 aromatic rings. The topological polar surface area (TPSA) is 47.8 Å². The molecule has 3 heterocycles. The highest BCUT2D eigenvalue weighted by molar-refractivity contribution is 5.91. The van der Waals surface area contributed by atoms with Crippen LogP contribution >= 0.6 is 0 Å². The molecule has 0 unspecified atom stereocenters. The van der Waals surface area contributed by atoms with E-state index in [1.165, 1.54) is 0 Å². The second kappa shape index (κ2) is 6.61. The number of hydrogen-bond donors (Lipinski definition) is 0. The predicted molar refractivity (Wildman–Crippen MR) is 112 cm³/mol. The SMILES string of the molecule is CCCCC#Cc1c2c(nc3ccccc13)-c1nc3ccccc3c(=O)n1C2. The lowest BCUT2D eigenvalue weighted by molar-refractivity contribution is 0.796. The fourth-order valence-corrected chi connectivity index (χ4v) is 3.80. The minimum Gasteiger partial charge on any atom is -0.286 e. The summed E-state index contributed by atoms with van der Waals surface area (Å²) in [7, 11) is 0. The van der Waals surface area contributed by atoms with E-state index >= 15 is 0 Å². The Labute approximate surface area is 162 Å². The van der Waals surface area contributed by atoms with Gasteiger partial charge in [-0.1, -0.05) is 55.5 Å². The zero-order chi connectivity index (χ0) is 19.1. The Morgan fingerprint density at radius 2 is 1.71 bits per heavy atom. The number of para-hydroxylation sites is 2. The summed E-state index contributed by atoms with van der Waals surface area (Å²) >= 11 is 0. The first-order chi connectivity index (χ1) is 13.8. The number of hydrogen-bond acceptors (Lipinski definition) is 3. The summed E-state index contributed by atoms with van der Waals surface area (Å²) < 4.78 is 1.73. The van der Waals surface area contributed by atoms with Crippen molar-refractivity contribution in [3.63, 3.8) is 0 Å². The fourth-order valence-electron chi connectivity index (χ4n) is 3.80. The zero-order valence-corrected chi connectivity index (χ0v) is 15.7. The van der Waals surface area contributed by atoms with Gasteiger partial charge in [0, 0.05) is 22.9 Å². The van der Waals surface area contributed by atoms with Crippen molar-refractivity contribution in [2.75, 3.05) is 0 Å². The molecule has 0 amide bonds. The van der Waals surface area contributed by atoms with Crippen molar-refractivity contribution < 1.29 is 0 Å². The molecule has 4 nitrogen and oxygen atoms in total. The van der Waals surface area contributed by atoms with Crippen molar-refractivity contribution in [2.24, 2.45) is 0 Å². The maximum Gasteiger partial charge on any atom is 0.262 e. The Morgan fingerprint density at radius 1 is 1.00 bits per heavy atom. The molecule has 136 valence electrons. The number of pyridine rings is 1. The number of rotatable bonds is 2. The number of benzene rings is 2. The highest BCUT2D eigenvalue weighted by atomic mass is 16.1. The Bertz CT molecular complexity index is 1360. The minimum atomic E-state index is -0.0208. The van der Waals surface area contributed by atoms with Crippen LogP contribution in [0, 0.1) is 11.8 Å². The molecule has 0 spiro atoms. The van der Waals surface area contributed by atoms with Gasteiger partial charge >= 0.3 is 0 Å². The second-order valence-electron chi connectivity index (χ2n) is 7.08. The molecule has 0 saturated heterocycles. The van der Waals surface area contributed by atoms with Crippen molar-refractivity contribution in [3.8, 4) is 23.4 Å². The third kappa shape index (κ3) is 2.51. The molecule has 0 N–H and O–H groups in total. The van der Waals surface area contributed by atoms with Crippen LogP contribution in [0.15, 0.2) is 53.3 Å². The number of fused-ring (bicyclic) bond motifs is 5. The van der Waals surface area contributed by atoms with Gasteiger partial charge in [-0.25, -0.2) is 9.97 Å². The maximum absolute atomic E-state index is 13.1. The van der Waals surface area contributed by atoms with Crippen LogP contribution in [0.1, 0.15) is 37.3 Å². The molecule has 2 aromatic carbocycles. The van der Waals surface area contributed by atoms with Gasteiger partial charge in [0.2, 0.25) is 0 Å². The lowest BCUT2D eigenvalue weighted by Gasteiger charge is -2.06. The molecular weight excluding hydrogens is 346 g/mol. The highest BCUT2D eigenvalue weighted by Gasteiger charge is 2.27. The first-order valence-electron chi connectivity index (χ1n) is 9.68. The van der Waals surface area contributed by atoms with Crippen LogP contribution < -0.4 is 5.56 Å². The van der Waals surface area contributed by atoms with Gasteiger partial charge in [0.25, 0.3) is 5.56 Å². The van der Waals surface area contributed by atoms with E-state index in [0.717, 1.165) is 47.0 Å². The van der Waals surface area contributed by atoms with E-state index in [1.807, 2.05) is 42.5 Å². The number of unbranched alkanes of at least 4 members (excludes halogenated alkanes) is 2. The normalized spacial score (nSPS) is 11.9. The molecule has 0 atom stereocenters. The van der Waals surface area contributed by atoms with E-state index in [4.69, 9.17) is 9.97 Å². The van der Waals surface area contributed by atoms with Gasteiger partial charge in [-0.15, -0.1) is 0 Å². The van der Waals surface area contributed by atoms with Gasteiger partial charge in [-0.2, -0.15) is 0 Å². The first kappa shape index (κ1) is 16.7. The average molecular weight is 365 g/mol. The smallest absolute Gasteiger partial charge is 0.262 e. The van der Waals surface area contributed by atoms with Gasteiger partial charge in [0.1, 0.15) is 5.69 Å². The molecule has 0 bridgehead atoms. The average Bonchev–Trinajstić information content (AvgIpc) is 3.09. The van der Waals surface area contributed by atoms with Crippen LogP contribution in [0.2, 0.25) is 0 Å². The molecule has 4 heteroatoms. The van der Waals surface area contributed by atoms with E-state index in [-0.39, 0.29) is 5.56 Å². The molecule has 28 heavy (non-hydrogen) atoms. The Kier molecular flexibility index (Phi) is 3.95. The van der Waals surface area contributed by atoms with Crippen LogP contribution in [0.3, 0.4) is 0 Å². The van der Waals surface area contributed by atoms with Crippen LogP contribution in [0.4, 0.5) is 0 Å². The first-order valence-corrected chi connectivity index (χ1v) is 9.68. The van der Waals surface area contributed by atoms with Crippen LogP contribution in [0.5, 0.6) is 0 Å². The summed E-state index contributed by atoms with van der Waals surface area (Å²) in [5.74, 6) is 7.34. The van der Waals surface area contributed by atoms with E-state index in [0.29, 0.717) is 23.3 Å². The number of nitrogens with zero attached hydrogens (tertiary/aromatic N) is 3. The van der Waals surface area contributed by atoms with Crippen LogP contribution in [0.25, 0.3) is 33.3 Å². The summed E-state index contributed by atoms with van der Waals surface area (Å²) in [6.07, 6.45) is 3.09. The highest BCUT2D eigenvalue weighted by Crippen LogP contribution is 2.34. The minimum absolute atomic E-state index is 0.0208. The van der Waals surface area contributed by atoms with Crippen LogP contribution in [-0.4, -0.2) is 14.5 Å². The van der Waals surface area contributed by atoms with Gasteiger partial charge in [0.05, 0.1) is 23.0 Å². The van der Waals surface area contributed by atoms with Crippen molar-refractivity contribution >= 4 is 21.8 Å². The lowest BCUT2D eigenvalue weighted by atomic mass is 10.0. The van der Waals surface area contributed by atoms with Crippen molar-refractivity contribution in [1.29, 1.82) is 0 Å². The van der Waals surface area contributed by atoms with Crippen molar-refractivity contribution in [1.82, 2.24) is 14.5 Å². The predicted octanol–water partition coefficient (Wildman–Crippen LogP) is 4.52. The molecule has 0 saturated carbocycles. The third-order valence-corrected chi connectivity index (χ3v) is 5.25. The van der Waals surface area contributed by atoms with Crippen molar-refractivity contribution in [3.05, 3.63) is 70.0 Å². The fraction of sp³-hybridized carbons (Fsp3) is 0.208. The van der Waals surface area contributed by atoms with Gasteiger partial charge in [-0.3, -0.25) is 9.36 Å². The van der Waals surface area contributed by atoms with Gasteiger partial charge in [-0.05, 0) is 24.6 Å². The van der Waals surface area contributed by atoms with Gasteiger partial charge < -0.3 is 0 Å². The lowest BCUT2D eigenvalue weighted by Crippen LogP contribution is -2.20. The molecular formula is C24H19N3O. The van der Waals surface area contributed by atoms with Gasteiger partial charge in [0.15, 0.2) is 5.82 Å². The number of aromatic nitrogens is 3. The summed E-state index contributed by atoms with van der Waals surface area (Å²) in [6.45, 7) is 2.64. The Morgan fingerprint density at radius 3 is 2.50 bits per heavy atom. The van der Waals surface area contributed by atoms with Crippen molar-refractivity contribution in [2.45, 2.75) is 32.7 Å². The molecule has 2 aromatic heterocycles. The molecule has 0 aliphatic carbocycles. The standard InChI is InChI=1S/C24H19N3O/c1-2-3-4-5-10-16-17-11-6-8-13-20(17)25-22-19(16)15-27-23(22)26-21-14-9-7-12-18(21)24(27)28/h6-9,11-14H,2-4,15H2,1H3. The van der Waals surface area contributed by atoms with E-state index in [1.54, 1.807) is 4.57 Å². The summed E-state index contributed by atoms with van der Waals surface area (Å²) in [5.41, 5.74) is 4.33. The van der Waals surface area contributed by atoms with E-state index in [2.05, 4.69) is 24.8 Å². The Hall–Kier alpha value is -3.45. The quantitative estimate of drug-likeness (QED) is 0.341. The monoisotopic (exact) mass is 365 g/mol. The van der Waals surface area contributed by atoms with E-state index in [9.17, 15) is 4.79 Å². The molecule has 0 radical (unpaired) electrons. The second-order valence-corrected chi connectivity index (χ2v) is 7.08. The molecule has 0 fully saturated rings. The largest absolute Gasteiger partial charge is 0.286 e. The maximum atomic E-state index is 13.1. The van der Waals surface area contributed by atoms with E-state index < -0.39 is 0 Å². The Balaban J connectivity index is 1.79. The zero-order valence-electron chi connectivity index (χ0n) is 15.7. The van der Waals surface area contributed by atoms with Crippen LogP contribution in [-0.2, 0) is 6.54 Å².